The molecule has 18 aromatic carbocycles. The third kappa shape index (κ3) is 11.4. The summed E-state index contributed by atoms with van der Waals surface area (Å²) in [6, 6.07) is 152. The van der Waals surface area contributed by atoms with Crippen LogP contribution in [0.15, 0.2) is 431 Å². The molecular weight excluding hydrogens is 1640 g/mol. The summed E-state index contributed by atoms with van der Waals surface area (Å²) in [5.74, 6) is 3.94. The van der Waals surface area contributed by atoms with Crippen LogP contribution in [0.2, 0.25) is 0 Å². The fourth-order valence-electron chi connectivity index (χ4n) is 21.1. The second-order valence-electron chi connectivity index (χ2n) is 34.3. The fourth-order valence-corrected chi connectivity index (χ4v) is 22.3. The Morgan fingerprint density at radius 1 is 0.188 bits per heavy atom. The minimum absolute atomic E-state index is 0.454. The van der Waals surface area contributed by atoms with Crippen LogP contribution in [0.5, 0.6) is 0 Å². The van der Waals surface area contributed by atoms with Crippen molar-refractivity contribution in [2.24, 2.45) is 0 Å². The molecule has 0 atom stereocenters. The normalized spacial score (nSPS) is 12.1. The number of pyridine rings is 1. The van der Waals surface area contributed by atoms with Gasteiger partial charge in [-0.2, -0.15) is 19.9 Å². The summed E-state index contributed by atoms with van der Waals surface area (Å²) in [4.78, 5) is 39.4. The van der Waals surface area contributed by atoms with E-state index in [-0.39, 0.29) is 0 Å². The van der Waals surface area contributed by atoms with Crippen LogP contribution in [0.25, 0.3) is 265 Å². The van der Waals surface area contributed by atoms with Gasteiger partial charge in [0.05, 0.1) is 70.9 Å². The lowest BCUT2D eigenvalue weighted by Gasteiger charge is -2.15. The highest BCUT2D eigenvalue weighted by Gasteiger charge is 2.30. The highest BCUT2D eigenvalue weighted by molar-refractivity contribution is 7.26. The first-order valence-electron chi connectivity index (χ1n) is 44.8. The first kappa shape index (κ1) is 74.3. The fraction of sp³-hybridized carbons (Fsp3) is 0. The Morgan fingerprint density at radius 2 is 0.556 bits per heavy atom. The summed E-state index contributed by atoms with van der Waals surface area (Å²) >= 11 is 1.80. The standard InChI is InChI=1S/C119H71N13S/c1-5-29-72(30-6-1)73-55-57-75(58-56-73)114-122-115(79-35-27-33-76(67-79)77-59-61-90-86-43-15-24-52-102(86)130(105(90)69-77)117-112-93(65-66-120-117)96-70-83(60-64-106(96)133-112)127-98-48-20-13-41-84(98)85-42-14-21-49-99(85)127)126-119(124-114)132-104-54-26-19-47-94(104)107-95(71-97-89-46-18-23-51-101(89)129(110(97)111(107)132)82-39-11-4-12-40-82)78-34-28-36-80(68-78)116-121-113(74-31-7-2-8-32-74)123-118(125-116)131-103-53-25-17-45-88(103)92-63-62-91-87-44-16-22-50-100(87)128(108(91)109(92)131)81-37-9-3-10-38-81/h1-71H. The largest absolute Gasteiger partial charge is 0.309 e. The first-order chi connectivity index (χ1) is 66.0. The summed E-state index contributed by atoms with van der Waals surface area (Å²) in [6.45, 7) is 0. The first-order valence-corrected chi connectivity index (χ1v) is 45.6. The van der Waals surface area contributed by atoms with Crippen LogP contribution in [0.1, 0.15) is 0 Å². The van der Waals surface area contributed by atoms with E-state index in [4.69, 9.17) is 34.9 Å². The van der Waals surface area contributed by atoms with Gasteiger partial charge >= 0.3 is 0 Å². The number of fused-ring (bicyclic) bond motifs is 23. The quantitative estimate of drug-likeness (QED) is 0.113. The molecule has 0 aliphatic rings. The molecule has 0 saturated carbocycles. The van der Waals surface area contributed by atoms with Gasteiger partial charge in [-0.1, -0.05) is 309 Å². The lowest BCUT2D eigenvalue weighted by molar-refractivity contribution is 0.953. The summed E-state index contributed by atoms with van der Waals surface area (Å²) in [6.07, 6.45) is 1.98. The van der Waals surface area contributed by atoms with E-state index in [9.17, 15) is 0 Å². The number of rotatable bonds is 13. The van der Waals surface area contributed by atoms with E-state index in [0.29, 0.717) is 35.2 Å². The van der Waals surface area contributed by atoms with Gasteiger partial charge in [0.15, 0.2) is 29.1 Å². The number of hydrogen-bond acceptors (Lipinski definition) is 8. The number of nitrogens with zero attached hydrogens (tertiary/aromatic N) is 13. The molecule has 0 unspecified atom stereocenters. The van der Waals surface area contributed by atoms with Crippen molar-refractivity contribution in [2.75, 3.05) is 0 Å². The number of hydrogen-bond donors (Lipinski definition) is 0. The van der Waals surface area contributed by atoms with Crippen molar-refractivity contribution in [3.63, 3.8) is 0 Å². The second-order valence-corrected chi connectivity index (χ2v) is 35.3. The topological polar surface area (TPSA) is 120 Å². The van der Waals surface area contributed by atoms with Crippen LogP contribution in [0.4, 0.5) is 0 Å². The molecule has 0 bridgehead atoms. The van der Waals surface area contributed by atoms with E-state index in [1.807, 2.05) is 24.4 Å². The van der Waals surface area contributed by atoms with Gasteiger partial charge < -0.3 is 13.7 Å². The summed E-state index contributed by atoms with van der Waals surface area (Å²) in [5, 5.41) is 15.7. The van der Waals surface area contributed by atoms with Crippen LogP contribution in [-0.2, 0) is 0 Å². The molecule has 10 heterocycles. The van der Waals surface area contributed by atoms with Crippen molar-refractivity contribution in [2.45, 2.75) is 0 Å². The van der Waals surface area contributed by atoms with E-state index in [1.165, 1.54) is 31.9 Å². The smallest absolute Gasteiger partial charge is 0.238 e. The molecule has 28 rings (SSSR count). The lowest BCUT2D eigenvalue weighted by atomic mass is 9.95. The van der Waals surface area contributed by atoms with E-state index in [2.05, 4.69) is 434 Å². The van der Waals surface area contributed by atoms with Gasteiger partial charge in [-0.05, 0) is 149 Å². The maximum atomic E-state index is 5.86. The van der Waals surface area contributed by atoms with Gasteiger partial charge in [-0.25, -0.2) is 15.0 Å². The van der Waals surface area contributed by atoms with Crippen molar-refractivity contribution in [1.29, 1.82) is 0 Å². The number of benzene rings is 18. The Balaban J connectivity index is 0.643. The van der Waals surface area contributed by atoms with Gasteiger partial charge in [-0.3, -0.25) is 13.7 Å². The molecule has 0 radical (unpaired) electrons. The molecule has 618 valence electrons. The van der Waals surface area contributed by atoms with Gasteiger partial charge in [0.2, 0.25) is 11.9 Å². The van der Waals surface area contributed by atoms with Gasteiger partial charge in [0.25, 0.3) is 0 Å². The van der Waals surface area contributed by atoms with Crippen molar-refractivity contribution in [3.05, 3.63) is 431 Å². The highest BCUT2D eigenvalue weighted by Crippen LogP contribution is 2.50. The zero-order valence-corrected chi connectivity index (χ0v) is 72.0. The van der Waals surface area contributed by atoms with Crippen LogP contribution in [0.3, 0.4) is 0 Å². The zero-order valence-electron chi connectivity index (χ0n) is 71.2. The Hall–Kier alpha value is -17.9. The van der Waals surface area contributed by atoms with Crippen molar-refractivity contribution in [3.8, 4) is 114 Å². The van der Waals surface area contributed by atoms with Gasteiger partial charge in [-0.15, -0.1) is 11.3 Å². The lowest BCUT2D eigenvalue weighted by Crippen LogP contribution is -2.07. The molecular formula is C119H71N13S. The molecule has 10 aromatic heterocycles. The second kappa shape index (κ2) is 29.3. The molecule has 0 aliphatic carbocycles. The van der Waals surface area contributed by atoms with E-state index in [1.54, 1.807) is 11.3 Å². The predicted octanol–water partition coefficient (Wildman–Crippen LogP) is 30.1. The van der Waals surface area contributed by atoms with Crippen LogP contribution in [-0.4, -0.2) is 62.3 Å². The highest BCUT2D eigenvalue weighted by atomic mass is 32.1. The van der Waals surface area contributed by atoms with E-state index >= 15 is 0 Å². The number of thiophene rings is 1. The van der Waals surface area contributed by atoms with E-state index < -0.39 is 0 Å². The predicted molar refractivity (Wildman–Crippen MR) is 548 cm³/mol. The molecule has 0 spiro atoms. The molecule has 0 aliphatic heterocycles. The SMILES string of the molecule is c1ccc(-c2ccc(-c3nc(-c4cccc(-c5ccc6c7ccccc7n(-c7nccc8c7sc7ccc(-n9c%10ccccc%10c%10ccccc%109)cc78)c6c5)c4)nc(-n4c5ccccc5c5c(-c6cccc(-c7nc(-c8ccccc8)nc(-n8c9ccccc9c9ccc%10c%11ccccc%11n(-c%11ccccc%11)c%10c98)n7)c6)cc6c7ccccc7n(-c7ccccc7)c6c54)n3)cc2)cc1. The van der Waals surface area contributed by atoms with Crippen LogP contribution in [0, 0.1) is 0 Å². The molecule has 13 nitrogen and oxygen atoms in total. The Bertz CT molecular complexity index is 9670. The minimum atomic E-state index is 0.454. The average molecular weight is 1720 g/mol. The molecule has 133 heavy (non-hydrogen) atoms. The summed E-state index contributed by atoms with van der Waals surface area (Å²) in [5.41, 5.74) is 25.2. The van der Waals surface area contributed by atoms with Crippen LogP contribution >= 0.6 is 11.3 Å². The molecule has 0 N–H and O–H groups in total. The van der Waals surface area contributed by atoms with E-state index in [0.717, 1.165) is 198 Å². The van der Waals surface area contributed by atoms with Crippen molar-refractivity contribution in [1.82, 2.24) is 62.3 Å². The van der Waals surface area contributed by atoms with Gasteiger partial charge in [0, 0.05) is 126 Å². The number of aromatic nitrogens is 13. The minimum Gasteiger partial charge on any atom is -0.309 e. The maximum Gasteiger partial charge on any atom is 0.238 e. The summed E-state index contributed by atoms with van der Waals surface area (Å²) < 4.78 is 16.5. The maximum absolute atomic E-state index is 5.86. The monoisotopic (exact) mass is 1710 g/mol. The molecule has 14 heteroatoms. The third-order valence-corrected chi connectivity index (χ3v) is 28.1. The Morgan fingerprint density at radius 3 is 1.12 bits per heavy atom. The molecule has 0 amide bonds. The van der Waals surface area contributed by atoms with Crippen molar-refractivity contribution >= 4 is 162 Å². The Kier molecular flexibility index (Phi) is 16.4. The Labute approximate surface area is 763 Å². The summed E-state index contributed by atoms with van der Waals surface area (Å²) in [7, 11) is 0. The number of para-hydroxylation sites is 9. The van der Waals surface area contributed by atoms with Gasteiger partial charge in [0.1, 0.15) is 0 Å². The van der Waals surface area contributed by atoms with Crippen molar-refractivity contribution < 1.29 is 0 Å². The average Bonchev–Trinajstić information content (AvgIpc) is 1.52. The van der Waals surface area contributed by atoms with Crippen LogP contribution < -0.4 is 0 Å². The zero-order chi connectivity index (χ0) is 87.0. The molecule has 28 aromatic rings. The molecule has 0 saturated heterocycles. The molecule has 0 fully saturated rings. The third-order valence-electron chi connectivity index (χ3n) is 27.0.